The SMILES string of the molecule is CCOC(=O)Cc1cc(OC)nc(OC(F)(F)F)c1C(F)(F)F. The van der Waals surface area contributed by atoms with E-state index in [4.69, 9.17) is 0 Å². The van der Waals surface area contributed by atoms with Gasteiger partial charge in [0.2, 0.25) is 11.8 Å². The standard InChI is InChI=1S/C12H11F6NO4/c1-3-22-8(20)5-6-4-7(21-2)19-10(23-12(16,17)18)9(6)11(13,14)15/h4H,3,5H2,1-2H3. The molecule has 1 heterocycles. The fourth-order valence-corrected chi connectivity index (χ4v) is 1.65. The Morgan fingerprint density at radius 3 is 2.26 bits per heavy atom. The third-order valence-corrected chi connectivity index (χ3v) is 2.39. The number of hydrogen-bond donors (Lipinski definition) is 0. The minimum Gasteiger partial charge on any atom is -0.481 e. The number of methoxy groups -OCH3 is 1. The number of aromatic nitrogens is 1. The molecule has 11 heteroatoms. The lowest BCUT2D eigenvalue weighted by atomic mass is 10.1. The molecule has 0 atom stereocenters. The van der Waals surface area contributed by atoms with E-state index in [1.807, 2.05) is 0 Å². The van der Waals surface area contributed by atoms with E-state index in [2.05, 4.69) is 19.2 Å². The molecule has 0 aliphatic rings. The number of pyridine rings is 1. The van der Waals surface area contributed by atoms with Gasteiger partial charge in [-0.05, 0) is 12.5 Å². The lowest BCUT2D eigenvalue weighted by Gasteiger charge is -2.18. The van der Waals surface area contributed by atoms with Crippen LogP contribution in [0.25, 0.3) is 0 Å². The van der Waals surface area contributed by atoms with Gasteiger partial charge >= 0.3 is 18.5 Å². The summed E-state index contributed by atoms with van der Waals surface area (Å²) in [6.07, 6.45) is -11.6. The summed E-state index contributed by atoms with van der Waals surface area (Å²) in [5, 5.41) is 0. The second-order valence-corrected chi connectivity index (χ2v) is 4.03. The number of esters is 1. The summed E-state index contributed by atoms with van der Waals surface area (Å²) in [4.78, 5) is 14.4. The predicted molar refractivity (Wildman–Crippen MR) is 62.8 cm³/mol. The van der Waals surface area contributed by atoms with Gasteiger partial charge in [0.05, 0.1) is 20.1 Å². The van der Waals surface area contributed by atoms with Gasteiger partial charge in [-0.15, -0.1) is 13.2 Å². The molecule has 1 rings (SSSR count). The molecular weight excluding hydrogens is 336 g/mol. The van der Waals surface area contributed by atoms with Crippen LogP contribution in [-0.2, 0) is 22.1 Å². The van der Waals surface area contributed by atoms with Crippen molar-refractivity contribution in [2.24, 2.45) is 0 Å². The van der Waals surface area contributed by atoms with Gasteiger partial charge in [0, 0.05) is 6.07 Å². The first-order valence-corrected chi connectivity index (χ1v) is 6.04. The van der Waals surface area contributed by atoms with E-state index in [0.717, 1.165) is 7.11 Å². The van der Waals surface area contributed by atoms with E-state index in [1.54, 1.807) is 0 Å². The van der Waals surface area contributed by atoms with Gasteiger partial charge in [-0.2, -0.15) is 18.2 Å². The molecule has 5 nitrogen and oxygen atoms in total. The lowest BCUT2D eigenvalue weighted by molar-refractivity contribution is -0.278. The summed E-state index contributed by atoms with van der Waals surface area (Å²) >= 11 is 0. The highest BCUT2D eigenvalue weighted by Crippen LogP contribution is 2.41. The molecule has 0 spiro atoms. The summed E-state index contributed by atoms with van der Waals surface area (Å²) in [5.41, 5.74) is -2.62. The molecule has 0 radical (unpaired) electrons. The summed E-state index contributed by atoms with van der Waals surface area (Å²) in [5.74, 6) is -3.37. The Morgan fingerprint density at radius 1 is 1.22 bits per heavy atom. The molecular formula is C12H11F6NO4. The summed E-state index contributed by atoms with van der Waals surface area (Å²) in [7, 11) is 0.987. The average molecular weight is 347 g/mol. The third-order valence-electron chi connectivity index (χ3n) is 2.39. The first kappa shape index (κ1) is 18.8. The first-order chi connectivity index (χ1) is 10.5. The number of halogens is 6. The van der Waals surface area contributed by atoms with Crippen molar-refractivity contribution in [2.75, 3.05) is 13.7 Å². The number of ether oxygens (including phenoxy) is 3. The zero-order valence-electron chi connectivity index (χ0n) is 11.8. The zero-order chi connectivity index (χ0) is 17.8. The van der Waals surface area contributed by atoms with Gasteiger partial charge in [-0.25, -0.2) is 0 Å². The zero-order valence-corrected chi connectivity index (χ0v) is 11.8. The van der Waals surface area contributed by atoms with Crippen molar-refractivity contribution >= 4 is 5.97 Å². The maximum absolute atomic E-state index is 13.1. The fourth-order valence-electron chi connectivity index (χ4n) is 1.65. The van der Waals surface area contributed by atoms with Crippen molar-refractivity contribution in [3.05, 3.63) is 17.2 Å². The second kappa shape index (κ2) is 6.92. The topological polar surface area (TPSA) is 57.7 Å². The number of rotatable bonds is 5. The molecule has 0 fully saturated rings. The van der Waals surface area contributed by atoms with Crippen LogP contribution in [0.1, 0.15) is 18.1 Å². The number of carbonyl (C=O) groups excluding carboxylic acids is 1. The van der Waals surface area contributed by atoms with Crippen molar-refractivity contribution in [3.63, 3.8) is 0 Å². The van der Waals surface area contributed by atoms with Crippen LogP contribution < -0.4 is 9.47 Å². The highest BCUT2D eigenvalue weighted by atomic mass is 19.4. The molecule has 0 N–H and O–H groups in total. The van der Waals surface area contributed by atoms with Gasteiger partial charge in [-0.1, -0.05) is 0 Å². The van der Waals surface area contributed by atoms with E-state index in [1.165, 1.54) is 6.92 Å². The van der Waals surface area contributed by atoms with Crippen LogP contribution in [0.15, 0.2) is 6.07 Å². The van der Waals surface area contributed by atoms with Gasteiger partial charge in [-0.3, -0.25) is 4.79 Å². The first-order valence-electron chi connectivity index (χ1n) is 6.04. The van der Waals surface area contributed by atoms with Crippen molar-refractivity contribution in [2.45, 2.75) is 25.9 Å². The Bertz CT molecular complexity index is 570. The lowest BCUT2D eigenvalue weighted by Crippen LogP contribution is -2.23. The Labute approximate surface area is 126 Å². The molecule has 0 unspecified atom stereocenters. The van der Waals surface area contributed by atoms with E-state index >= 15 is 0 Å². The number of nitrogens with zero attached hydrogens (tertiary/aromatic N) is 1. The van der Waals surface area contributed by atoms with Crippen LogP contribution in [-0.4, -0.2) is 31.0 Å². The van der Waals surface area contributed by atoms with Crippen molar-refractivity contribution < 1.29 is 45.3 Å². The second-order valence-electron chi connectivity index (χ2n) is 4.03. The maximum Gasteiger partial charge on any atom is 0.574 e. The van der Waals surface area contributed by atoms with E-state index in [9.17, 15) is 31.1 Å². The summed E-state index contributed by atoms with van der Waals surface area (Å²) in [6.45, 7) is 1.32. The minimum absolute atomic E-state index is 0.103. The molecule has 0 aliphatic heterocycles. The Hall–Kier alpha value is -2.20. The normalized spacial score (nSPS) is 12.0. The van der Waals surface area contributed by atoms with Crippen LogP contribution in [0, 0.1) is 0 Å². The molecule has 0 saturated carbocycles. The number of carbonyl (C=O) groups is 1. The molecule has 0 bridgehead atoms. The monoisotopic (exact) mass is 347 g/mol. The van der Waals surface area contributed by atoms with Crippen LogP contribution in [0.3, 0.4) is 0 Å². The quantitative estimate of drug-likeness (QED) is 0.605. The highest BCUT2D eigenvalue weighted by molar-refractivity contribution is 5.73. The van der Waals surface area contributed by atoms with Crippen LogP contribution in [0.5, 0.6) is 11.8 Å². The number of hydrogen-bond acceptors (Lipinski definition) is 5. The molecule has 0 aliphatic carbocycles. The predicted octanol–water partition coefficient (Wildman–Crippen LogP) is 3.11. The van der Waals surface area contributed by atoms with Gasteiger partial charge in [0.1, 0.15) is 5.56 Å². The molecule has 0 saturated heterocycles. The third kappa shape index (κ3) is 5.49. The van der Waals surface area contributed by atoms with E-state index < -0.39 is 47.8 Å². The molecule has 1 aromatic heterocycles. The van der Waals surface area contributed by atoms with Crippen LogP contribution >= 0.6 is 0 Å². The highest BCUT2D eigenvalue weighted by Gasteiger charge is 2.43. The smallest absolute Gasteiger partial charge is 0.481 e. The van der Waals surface area contributed by atoms with E-state index in [-0.39, 0.29) is 6.61 Å². The molecule has 1 aromatic rings. The van der Waals surface area contributed by atoms with Crippen molar-refractivity contribution in [1.82, 2.24) is 4.98 Å². The van der Waals surface area contributed by atoms with Crippen LogP contribution in [0.4, 0.5) is 26.3 Å². The van der Waals surface area contributed by atoms with Gasteiger partial charge in [0.25, 0.3) is 0 Å². The molecule has 130 valence electrons. The molecule has 0 amide bonds. The summed E-state index contributed by atoms with van der Waals surface area (Å²) < 4.78 is 88.5. The maximum atomic E-state index is 13.1. The summed E-state index contributed by atoms with van der Waals surface area (Å²) in [6, 6.07) is 0.697. The average Bonchev–Trinajstić information content (AvgIpc) is 2.34. The van der Waals surface area contributed by atoms with Crippen molar-refractivity contribution in [1.29, 1.82) is 0 Å². The largest absolute Gasteiger partial charge is 0.574 e. The van der Waals surface area contributed by atoms with Gasteiger partial charge < -0.3 is 14.2 Å². The van der Waals surface area contributed by atoms with Gasteiger partial charge in [0.15, 0.2) is 0 Å². The molecule has 23 heavy (non-hydrogen) atoms. The Kier molecular flexibility index (Phi) is 5.67. The van der Waals surface area contributed by atoms with E-state index in [0.29, 0.717) is 6.07 Å². The fraction of sp³-hybridized carbons (Fsp3) is 0.500. The Balaban J connectivity index is 3.45. The van der Waals surface area contributed by atoms with Crippen LogP contribution in [0.2, 0.25) is 0 Å². The number of alkyl halides is 6. The molecule has 0 aromatic carbocycles. The minimum atomic E-state index is -5.40. The Morgan fingerprint density at radius 2 is 1.83 bits per heavy atom. The van der Waals surface area contributed by atoms with Crippen molar-refractivity contribution in [3.8, 4) is 11.8 Å².